The van der Waals surface area contributed by atoms with Gasteiger partial charge in [0.25, 0.3) is 0 Å². The van der Waals surface area contributed by atoms with Crippen LogP contribution in [0.5, 0.6) is 5.75 Å². The average molecular weight is 294 g/mol. The third-order valence-electron chi connectivity index (χ3n) is 3.27. The quantitative estimate of drug-likeness (QED) is 0.490. The van der Waals surface area contributed by atoms with Crippen LogP contribution in [0.1, 0.15) is 26.3 Å². The van der Waals surface area contributed by atoms with E-state index in [9.17, 15) is 5.21 Å². The fourth-order valence-corrected chi connectivity index (χ4v) is 2.59. The van der Waals surface area contributed by atoms with Gasteiger partial charge in [0.05, 0.1) is 13.2 Å². The predicted molar refractivity (Wildman–Crippen MR) is 78.1 cm³/mol. The van der Waals surface area contributed by atoms with Crippen LogP contribution < -0.4 is 9.80 Å². The third-order valence-corrected chi connectivity index (χ3v) is 3.65. The maximum atomic E-state index is 12.3. The molecular weight excluding hydrogens is 278 g/mol. The Hall–Kier alpha value is -1.65. The summed E-state index contributed by atoms with van der Waals surface area (Å²) in [5, 5.41) is 12.2. The number of methoxy groups -OCH3 is 1. The van der Waals surface area contributed by atoms with Crippen LogP contribution in [-0.4, -0.2) is 17.7 Å². The van der Waals surface area contributed by atoms with Crippen LogP contribution in [0.25, 0.3) is 11.1 Å². The summed E-state index contributed by atoms with van der Waals surface area (Å²) in [6.07, 6.45) is 1.60. The monoisotopic (exact) mass is 293 g/mol. The van der Waals surface area contributed by atoms with E-state index in [1.54, 1.807) is 12.1 Å². The Labute approximate surface area is 122 Å². The number of rotatable bonds is 1. The highest BCUT2D eigenvalue weighted by Gasteiger charge is 2.36. The maximum Gasteiger partial charge on any atom is 0.476 e. The second kappa shape index (κ2) is 5.04. The number of amidine groups is 1. The first-order chi connectivity index (χ1) is 9.31. The van der Waals surface area contributed by atoms with Gasteiger partial charge in [0.15, 0.2) is 5.69 Å². The van der Waals surface area contributed by atoms with Gasteiger partial charge in [0.1, 0.15) is 10.8 Å². The van der Waals surface area contributed by atoms with Crippen molar-refractivity contribution < 1.29 is 14.6 Å². The molecular formula is C14H16ClN3O2. The molecule has 1 aromatic carbocycles. The van der Waals surface area contributed by atoms with Crippen molar-refractivity contribution in [2.24, 2.45) is 5.41 Å². The number of fused-ring (bicyclic) bond motifs is 1. The maximum absolute atomic E-state index is 12.3. The normalized spacial score (nSPS) is 18.2. The van der Waals surface area contributed by atoms with Gasteiger partial charge in [-0.05, 0) is 23.1 Å². The largest absolute Gasteiger partial charge is 0.618 e. The van der Waals surface area contributed by atoms with Gasteiger partial charge in [-0.1, -0.05) is 32.4 Å². The molecule has 0 saturated heterocycles. The Morgan fingerprint density at radius 3 is 2.50 bits per heavy atom. The second-order valence-corrected chi connectivity index (χ2v) is 6.00. The number of halogens is 1. The minimum absolute atomic E-state index is 0.0161. The van der Waals surface area contributed by atoms with Crippen LogP contribution in [0.4, 0.5) is 5.69 Å². The SMILES string of the molecule is COc1ccc2c(c1Cl)[NH+]([O-])C(=[N+]=[N-])C=C2C(C)(C)C. The van der Waals surface area contributed by atoms with E-state index in [2.05, 4.69) is 4.79 Å². The molecule has 1 heterocycles. The number of nitrogens with one attached hydrogen (secondary N) is 1. The van der Waals surface area contributed by atoms with E-state index in [0.29, 0.717) is 11.4 Å². The summed E-state index contributed by atoms with van der Waals surface area (Å²) in [6.45, 7) is 6.06. The third kappa shape index (κ3) is 2.25. The molecule has 2 rings (SSSR count). The van der Waals surface area contributed by atoms with E-state index in [-0.39, 0.29) is 16.3 Å². The fourth-order valence-electron chi connectivity index (χ4n) is 2.26. The molecule has 6 heteroatoms. The Morgan fingerprint density at radius 2 is 2.00 bits per heavy atom. The minimum atomic E-state index is -0.403. The lowest BCUT2D eigenvalue weighted by molar-refractivity contribution is -0.681. The summed E-state index contributed by atoms with van der Waals surface area (Å²) < 4.78 is 5.14. The van der Waals surface area contributed by atoms with E-state index >= 15 is 0 Å². The van der Waals surface area contributed by atoms with Crippen molar-refractivity contribution >= 4 is 28.7 Å². The van der Waals surface area contributed by atoms with Crippen molar-refractivity contribution in [3.8, 4) is 5.75 Å². The van der Waals surface area contributed by atoms with Crippen LogP contribution in [0.3, 0.4) is 0 Å². The zero-order chi connectivity index (χ0) is 15.1. The number of benzene rings is 1. The molecule has 106 valence electrons. The number of hydrogen-bond donors (Lipinski definition) is 1. The van der Waals surface area contributed by atoms with Gasteiger partial charge in [-0.25, -0.2) is 5.06 Å². The molecule has 1 unspecified atom stereocenters. The highest BCUT2D eigenvalue weighted by molar-refractivity contribution is 6.34. The molecule has 1 atom stereocenters. The van der Waals surface area contributed by atoms with Crippen LogP contribution >= 0.6 is 11.6 Å². The standard InChI is InChI=1S/C14H16ClN3O2/c1-14(2,3)9-7-11(17-16)18(19)13-8(9)5-6-10(20-4)12(13)15/h5-7,18H,1-4H3. The molecule has 1 aliphatic heterocycles. The summed E-state index contributed by atoms with van der Waals surface area (Å²) in [7, 11) is 1.49. The van der Waals surface area contributed by atoms with E-state index in [0.717, 1.165) is 11.1 Å². The molecule has 0 fully saturated rings. The molecule has 1 aliphatic rings. The van der Waals surface area contributed by atoms with E-state index in [4.69, 9.17) is 21.9 Å². The smallest absolute Gasteiger partial charge is 0.476 e. The minimum Gasteiger partial charge on any atom is -0.618 e. The fraction of sp³-hybridized carbons (Fsp3) is 0.357. The molecule has 0 bridgehead atoms. The lowest BCUT2D eigenvalue weighted by Gasteiger charge is -2.30. The van der Waals surface area contributed by atoms with E-state index in [1.807, 2.05) is 26.8 Å². The molecule has 0 aromatic heterocycles. The van der Waals surface area contributed by atoms with Crippen molar-refractivity contribution in [1.29, 1.82) is 0 Å². The van der Waals surface area contributed by atoms with Gasteiger partial charge in [-0.15, -0.1) is 4.79 Å². The van der Waals surface area contributed by atoms with Crippen LogP contribution in [-0.2, 0) is 0 Å². The molecule has 0 saturated carbocycles. The van der Waals surface area contributed by atoms with Crippen molar-refractivity contribution in [1.82, 2.24) is 0 Å². The number of ether oxygens (including phenoxy) is 1. The van der Waals surface area contributed by atoms with Gasteiger partial charge in [0.2, 0.25) is 0 Å². The van der Waals surface area contributed by atoms with Gasteiger partial charge >= 0.3 is 5.84 Å². The lowest BCUT2D eigenvalue weighted by atomic mass is 9.80. The number of quaternary nitrogens is 1. The van der Waals surface area contributed by atoms with Crippen molar-refractivity contribution in [2.75, 3.05) is 7.11 Å². The summed E-state index contributed by atoms with van der Waals surface area (Å²) in [5.41, 5.74) is 10.8. The molecule has 20 heavy (non-hydrogen) atoms. The number of allylic oxidation sites excluding steroid dienone is 1. The van der Waals surface area contributed by atoms with Crippen LogP contribution in [0.15, 0.2) is 18.2 Å². The number of hydrogen-bond acceptors (Lipinski definition) is 2. The highest BCUT2D eigenvalue weighted by Crippen LogP contribution is 2.43. The predicted octanol–water partition coefficient (Wildman–Crippen LogP) is 2.43. The van der Waals surface area contributed by atoms with Gasteiger partial charge in [0, 0.05) is 5.56 Å². The Bertz CT molecular complexity index is 641. The molecule has 5 nitrogen and oxygen atoms in total. The number of nitrogens with zero attached hydrogens (tertiary/aromatic N) is 2. The molecule has 1 aromatic rings. The Kier molecular flexibility index (Phi) is 3.71. The van der Waals surface area contributed by atoms with Crippen LogP contribution in [0.2, 0.25) is 5.02 Å². The highest BCUT2D eigenvalue weighted by atomic mass is 35.5. The number of hydroxylamine groups is 1. The first-order valence-electron chi connectivity index (χ1n) is 6.17. The van der Waals surface area contributed by atoms with Crippen molar-refractivity contribution in [3.05, 3.63) is 39.5 Å². The molecule has 0 amide bonds. The van der Waals surface area contributed by atoms with E-state index in [1.165, 1.54) is 7.11 Å². The summed E-state index contributed by atoms with van der Waals surface area (Å²) in [6, 6.07) is 3.54. The summed E-state index contributed by atoms with van der Waals surface area (Å²) in [5.74, 6) is 0.406. The van der Waals surface area contributed by atoms with Crippen molar-refractivity contribution in [3.63, 3.8) is 0 Å². The second-order valence-electron chi connectivity index (χ2n) is 5.63. The molecule has 0 aliphatic carbocycles. The first-order valence-corrected chi connectivity index (χ1v) is 6.55. The molecule has 0 spiro atoms. The van der Waals surface area contributed by atoms with Crippen molar-refractivity contribution in [2.45, 2.75) is 20.8 Å². The summed E-state index contributed by atoms with van der Waals surface area (Å²) in [4.78, 5) is 3.08. The van der Waals surface area contributed by atoms with Gasteiger partial charge in [-0.3, -0.25) is 0 Å². The Morgan fingerprint density at radius 1 is 1.35 bits per heavy atom. The lowest BCUT2D eigenvalue weighted by Crippen LogP contribution is -3.06. The molecule has 0 radical (unpaired) electrons. The zero-order valence-electron chi connectivity index (χ0n) is 11.8. The molecule has 1 N–H and O–H groups in total. The zero-order valence-corrected chi connectivity index (χ0v) is 12.6. The van der Waals surface area contributed by atoms with Gasteiger partial charge in [-0.2, -0.15) is 0 Å². The summed E-state index contributed by atoms with van der Waals surface area (Å²) >= 11 is 6.25. The van der Waals surface area contributed by atoms with E-state index < -0.39 is 5.06 Å². The topological polar surface area (TPSA) is 73.1 Å². The average Bonchev–Trinajstić information content (AvgIpc) is 2.38. The van der Waals surface area contributed by atoms with Gasteiger partial charge < -0.3 is 15.5 Å². The first kappa shape index (κ1) is 14.8. The van der Waals surface area contributed by atoms with Crippen LogP contribution in [0, 0.1) is 10.6 Å². The Balaban J connectivity index is 2.80.